The zero-order valence-electron chi connectivity index (χ0n) is 8.20. The summed E-state index contributed by atoms with van der Waals surface area (Å²) >= 11 is 3.37. The number of aliphatic hydroxyl groups is 1. The lowest BCUT2D eigenvalue weighted by Gasteiger charge is -2.11. The highest BCUT2D eigenvalue weighted by Crippen LogP contribution is 2.09. The smallest absolute Gasteiger partial charge is 0.0445 e. The van der Waals surface area contributed by atoms with Crippen LogP contribution in [0.1, 0.15) is 18.9 Å². The maximum atomic E-state index is 8.72. The molecular formula is C10H15BrN2O. The lowest BCUT2D eigenvalue weighted by Crippen LogP contribution is -2.26. The van der Waals surface area contributed by atoms with E-state index in [-0.39, 0.29) is 6.61 Å². The van der Waals surface area contributed by atoms with Crippen LogP contribution >= 0.6 is 15.9 Å². The second kappa shape index (κ2) is 6.11. The Kier molecular flexibility index (Phi) is 5.07. The number of hydrogen-bond donors (Lipinski definition) is 2. The second-order valence-corrected chi connectivity index (χ2v) is 4.22. The summed E-state index contributed by atoms with van der Waals surface area (Å²) in [7, 11) is 0. The van der Waals surface area contributed by atoms with Crippen LogP contribution in [0.2, 0.25) is 0 Å². The maximum Gasteiger partial charge on any atom is 0.0445 e. The molecule has 1 atom stereocenters. The number of rotatable bonds is 5. The van der Waals surface area contributed by atoms with E-state index in [0.717, 1.165) is 23.0 Å². The highest BCUT2D eigenvalue weighted by atomic mass is 79.9. The van der Waals surface area contributed by atoms with Crippen molar-refractivity contribution in [2.24, 2.45) is 0 Å². The minimum absolute atomic E-state index is 0.227. The normalized spacial score (nSPS) is 12.8. The summed E-state index contributed by atoms with van der Waals surface area (Å²) in [5.41, 5.74) is 1.14. The maximum absolute atomic E-state index is 8.72. The summed E-state index contributed by atoms with van der Waals surface area (Å²) in [6.07, 6.45) is 4.38. The molecule has 0 spiro atoms. The Morgan fingerprint density at radius 3 is 3.00 bits per heavy atom. The van der Waals surface area contributed by atoms with Gasteiger partial charge in [-0.25, -0.2) is 0 Å². The molecule has 0 aliphatic heterocycles. The first-order chi connectivity index (χ1) is 6.72. The van der Waals surface area contributed by atoms with E-state index in [4.69, 9.17) is 5.11 Å². The topological polar surface area (TPSA) is 45.1 Å². The molecule has 0 saturated heterocycles. The second-order valence-electron chi connectivity index (χ2n) is 3.31. The average Bonchev–Trinajstić information content (AvgIpc) is 2.15. The Labute approximate surface area is 92.7 Å². The Balaban J connectivity index is 2.37. The molecular weight excluding hydrogens is 244 g/mol. The van der Waals surface area contributed by atoms with Crippen molar-refractivity contribution < 1.29 is 5.11 Å². The average molecular weight is 259 g/mol. The minimum atomic E-state index is 0.227. The Hall–Kier alpha value is -0.450. The molecule has 14 heavy (non-hydrogen) atoms. The van der Waals surface area contributed by atoms with Crippen LogP contribution in [0, 0.1) is 0 Å². The van der Waals surface area contributed by atoms with E-state index in [1.807, 2.05) is 12.3 Å². The monoisotopic (exact) mass is 258 g/mol. The van der Waals surface area contributed by atoms with Gasteiger partial charge in [0.05, 0.1) is 0 Å². The molecule has 1 heterocycles. The van der Waals surface area contributed by atoms with Crippen molar-refractivity contribution in [2.75, 3.05) is 6.61 Å². The lowest BCUT2D eigenvalue weighted by molar-refractivity contribution is 0.268. The minimum Gasteiger partial charge on any atom is -0.396 e. The van der Waals surface area contributed by atoms with Gasteiger partial charge in [0.2, 0.25) is 0 Å². The van der Waals surface area contributed by atoms with E-state index in [9.17, 15) is 0 Å². The van der Waals surface area contributed by atoms with Crippen LogP contribution < -0.4 is 5.32 Å². The van der Waals surface area contributed by atoms with Crippen LogP contribution in [-0.2, 0) is 6.54 Å². The van der Waals surface area contributed by atoms with E-state index in [1.165, 1.54) is 0 Å². The molecule has 0 bridgehead atoms. The summed E-state index contributed by atoms with van der Waals surface area (Å²) in [6.45, 7) is 3.07. The van der Waals surface area contributed by atoms with Crippen LogP contribution in [0.5, 0.6) is 0 Å². The molecule has 78 valence electrons. The van der Waals surface area contributed by atoms with Crippen LogP contribution in [0.3, 0.4) is 0 Å². The molecule has 0 radical (unpaired) electrons. The van der Waals surface area contributed by atoms with Gasteiger partial charge in [-0.05, 0) is 40.9 Å². The summed E-state index contributed by atoms with van der Waals surface area (Å²) < 4.78 is 0.992. The quantitative estimate of drug-likeness (QED) is 0.846. The van der Waals surface area contributed by atoms with Crippen molar-refractivity contribution in [1.82, 2.24) is 10.3 Å². The van der Waals surface area contributed by atoms with Crippen molar-refractivity contribution in [3.8, 4) is 0 Å². The first kappa shape index (κ1) is 11.6. The predicted octanol–water partition coefficient (Wildman–Crippen LogP) is 1.70. The highest BCUT2D eigenvalue weighted by molar-refractivity contribution is 9.10. The van der Waals surface area contributed by atoms with Gasteiger partial charge in [0, 0.05) is 36.1 Å². The number of aromatic nitrogens is 1. The third-order valence-corrected chi connectivity index (χ3v) is 2.41. The van der Waals surface area contributed by atoms with Gasteiger partial charge in [-0.15, -0.1) is 0 Å². The summed E-state index contributed by atoms with van der Waals surface area (Å²) in [4.78, 5) is 4.07. The van der Waals surface area contributed by atoms with E-state index in [2.05, 4.69) is 33.2 Å². The Bertz CT molecular complexity index is 281. The number of pyridine rings is 1. The number of aliphatic hydroxyl groups excluding tert-OH is 1. The molecule has 0 fully saturated rings. The van der Waals surface area contributed by atoms with Gasteiger partial charge in [-0.2, -0.15) is 0 Å². The molecule has 1 rings (SSSR count). The summed E-state index contributed by atoms with van der Waals surface area (Å²) in [6, 6.07) is 2.37. The van der Waals surface area contributed by atoms with Crippen molar-refractivity contribution in [1.29, 1.82) is 0 Å². The lowest BCUT2D eigenvalue weighted by atomic mass is 10.2. The molecule has 1 aromatic heterocycles. The third-order valence-electron chi connectivity index (χ3n) is 1.98. The van der Waals surface area contributed by atoms with Crippen LogP contribution in [0.4, 0.5) is 0 Å². The van der Waals surface area contributed by atoms with Gasteiger partial charge in [0.15, 0.2) is 0 Å². The number of hydrogen-bond acceptors (Lipinski definition) is 3. The Morgan fingerprint density at radius 1 is 1.57 bits per heavy atom. The molecule has 1 unspecified atom stereocenters. The number of nitrogens with one attached hydrogen (secondary N) is 1. The van der Waals surface area contributed by atoms with E-state index < -0.39 is 0 Å². The fourth-order valence-electron chi connectivity index (χ4n) is 1.14. The third kappa shape index (κ3) is 4.17. The first-order valence-corrected chi connectivity index (χ1v) is 5.45. The van der Waals surface area contributed by atoms with Gasteiger partial charge in [-0.1, -0.05) is 0 Å². The summed E-state index contributed by atoms with van der Waals surface area (Å²) in [5.74, 6) is 0. The van der Waals surface area contributed by atoms with Gasteiger partial charge < -0.3 is 10.4 Å². The van der Waals surface area contributed by atoms with Crippen molar-refractivity contribution in [2.45, 2.75) is 25.9 Å². The fraction of sp³-hybridized carbons (Fsp3) is 0.500. The van der Waals surface area contributed by atoms with E-state index in [0.29, 0.717) is 6.04 Å². The first-order valence-electron chi connectivity index (χ1n) is 4.66. The molecule has 0 aliphatic rings. The van der Waals surface area contributed by atoms with E-state index in [1.54, 1.807) is 6.20 Å². The zero-order valence-corrected chi connectivity index (χ0v) is 9.79. The predicted molar refractivity (Wildman–Crippen MR) is 59.9 cm³/mol. The van der Waals surface area contributed by atoms with Crippen LogP contribution in [0.15, 0.2) is 22.9 Å². The molecule has 0 amide bonds. The SMILES string of the molecule is CC(CCO)NCc1cncc(Br)c1. The largest absolute Gasteiger partial charge is 0.396 e. The number of nitrogens with zero attached hydrogens (tertiary/aromatic N) is 1. The molecule has 4 heteroatoms. The van der Waals surface area contributed by atoms with Crippen LogP contribution in [0.25, 0.3) is 0 Å². The zero-order chi connectivity index (χ0) is 10.4. The van der Waals surface area contributed by atoms with Crippen molar-refractivity contribution >= 4 is 15.9 Å². The molecule has 0 aliphatic carbocycles. The van der Waals surface area contributed by atoms with Crippen LogP contribution in [-0.4, -0.2) is 22.7 Å². The van der Waals surface area contributed by atoms with Gasteiger partial charge in [0.25, 0.3) is 0 Å². The molecule has 1 aromatic rings. The number of halogens is 1. The Morgan fingerprint density at radius 2 is 2.36 bits per heavy atom. The molecule has 2 N–H and O–H groups in total. The molecule has 3 nitrogen and oxygen atoms in total. The fourth-order valence-corrected chi connectivity index (χ4v) is 1.55. The van der Waals surface area contributed by atoms with Gasteiger partial charge in [0.1, 0.15) is 0 Å². The van der Waals surface area contributed by atoms with E-state index >= 15 is 0 Å². The van der Waals surface area contributed by atoms with Crippen molar-refractivity contribution in [3.05, 3.63) is 28.5 Å². The van der Waals surface area contributed by atoms with Gasteiger partial charge in [-0.3, -0.25) is 4.98 Å². The molecule has 0 saturated carbocycles. The standard InChI is InChI=1S/C10H15BrN2O/c1-8(2-3-14)13-6-9-4-10(11)7-12-5-9/h4-5,7-8,13-14H,2-3,6H2,1H3. The molecule has 0 aromatic carbocycles. The van der Waals surface area contributed by atoms with Gasteiger partial charge >= 0.3 is 0 Å². The summed E-state index contributed by atoms with van der Waals surface area (Å²) in [5, 5.41) is 12.0. The van der Waals surface area contributed by atoms with Crippen molar-refractivity contribution in [3.63, 3.8) is 0 Å². The highest BCUT2D eigenvalue weighted by Gasteiger charge is 2.00.